The number of carbonyl (C=O) groups excluding carboxylic acids is 1. The molecule has 2 aliphatic rings. The van der Waals surface area contributed by atoms with Gasteiger partial charge < -0.3 is 15.0 Å². The molecule has 4 heterocycles. The Morgan fingerprint density at radius 3 is 2.56 bits per heavy atom. The number of amides is 1. The number of rotatable bonds is 3. The summed E-state index contributed by atoms with van der Waals surface area (Å²) in [7, 11) is 0. The van der Waals surface area contributed by atoms with E-state index in [0.29, 0.717) is 31.5 Å². The van der Waals surface area contributed by atoms with Gasteiger partial charge in [-0.3, -0.25) is 9.69 Å². The van der Waals surface area contributed by atoms with Crippen LogP contribution in [-0.2, 0) is 0 Å². The van der Waals surface area contributed by atoms with E-state index in [1.807, 2.05) is 54.0 Å². The SMILES string of the molecule is Cc1cn2cc(-c3ccc4c(c3)C(=O)NC(C3CCN(CC(F)(F)F)CC3)N4)ccc2n1. The third-order valence-corrected chi connectivity index (χ3v) is 6.27. The minimum atomic E-state index is -4.18. The Bertz CT molecular complexity index is 1160. The Kier molecular flexibility index (Phi) is 5.08. The molecule has 168 valence electrons. The zero-order valence-corrected chi connectivity index (χ0v) is 17.6. The van der Waals surface area contributed by atoms with Gasteiger partial charge in [-0.2, -0.15) is 13.2 Å². The number of nitrogens with one attached hydrogen (secondary N) is 2. The largest absolute Gasteiger partial charge is 0.401 e. The van der Waals surface area contributed by atoms with E-state index in [0.717, 1.165) is 28.2 Å². The lowest BCUT2D eigenvalue weighted by Gasteiger charge is -2.39. The van der Waals surface area contributed by atoms with E-state index in [2.05, 4.69) is 15.6 Å². The zero-order chi connectivity index (χ0) is 22.5. The van der Waals surface area contributed by atoms with E-state index in [1.165, 1.54) is 4.90 Å². The van der Waals surface area contributed by atoms with Crippen LogP contribution in [0.2, 0.25) is 0 Å². The number of hydrogen-bond acceptors (Lipinski definition) is 4. The second kappa shape index (κ2) is 7.81. The van der Waals surface area contributed by atoms with Crippen molar-refractivity contribution in [2.24, 2.45) is 5.92 Å². The van der Waals surface area contributed by atoms with Crippen LogP contribution in [0.4, 0.5) is 18.9 Å². The van der Waals surface area contributed by atoms with Gasteiger partial charge >= 0.3 is 6.18 Å². The van der Waals surface area contributed by atoms with Crippen LogP contribution in [0.3, 0.4) is 0 Å². The molecule has 1 aromatic carbocycles. The smallest absolute Gasteiger partial charge is 0.364 e. The number of alkyl halides is 3. The van der Waals surface area contributed by atoms with Crippen LogP contribution in [0.1, 0.15) is 28.9 Å². The van der Waals surface area contributed by atoms with E-state index in [4.69, 9.17) is 0 Å². The van der Waals surface area contributed by atoms with Crippen LogP contribution >= 0.6 is 0 Å². The van der Waals surface area contributed by atoms with E-state index in [-0.39, 0.29) is 18.0 Å². The molecular weight excluding hydrogens is 419 g/mol. The van der Waals surface area contributed by atoms with Gasteiger partial charge in [-0.15, -0.1) is 0 Å². The molecule has 32 heavy (non-hydrogen) atoms. The van der Waals surface area contributed by atoms with Crippen LogP contribution in [0.5, 0.6) is 0 Å². The van der Waals surface area contributed by atoms with E-state index in [1.54, 1.807) is 0 Å². The standard InChI is InChI=1S/C23H24F3N5O/c1-14-11-31-12-17(3-5-20(31)27-14)16-2-4-19-18(10-16)22(32)29-21(28-19)15-6-8-30(9-7-15)13-23(24,25)26/h2-5,10-12,15,21,28H,6-9,13H2,1H3,(H,29,32). The molecule has 2 N–H and O–H groups in total. The highest BCUT2D eigenvalue weighted by molar-refractivity contribution is 6.02. The third-order valence-electron chi connectivity index (χ3n) is 6.27. The lowest BCUT2D eigenvalue weighted by molar-refractivity contribution is -0.148. The lowest BCUT2D eigenvalue weighted by Crippen LogP contribution is -2.52. The number of hydrogen-bond donors (Lipinski definition) is 2. The van der Waals surface area contributed by atoms with Gasteiger partial charge in [-0.05, 0) is 68.2 Å². The molecule has 1 unspecified atom stereocenters. The average Bonchev–Trinajstić information content (AvgIpc) is 3.12. The fourth-order valence-corrected chi connectivity index (χ4v) is 4.68. The Hall–Kier alpha value is -3.07. The number of halogens is 3. The number of benzene rings is 1. The van der Waals surface area contributed by atoms with E-state index >= 15 is 0 Å². The highest BCUT2D eigenvalue weighted by Crippen LogP contribution is 2.31. The summed E-state index contributed by atoms with van der Waals surface area (Å²) in [5.41, 5.74) is 5.02. The summed E-state index contributed by atoms with van der Waals surface area (Å²) < 4.78 is 39.8. The Morgan fingerprint density at radius 2 is 1.81 bits per heavy atom. The molecule has 2 aliphatic heterocycles. The van der Waals surface area contributed by atoms with Gasteiger partial charge in [0.25, 0.3) is 5.91 Å². The summed E-state index contributed by atoms with van der Waals surface area (Å²) >= 11 is 0. The topological polar surface area (TPSA) is 61.7 Å². The normalized spacial score (nSPS) is 20.1. The van der Waals surface area contributed by atoms with Gasteiger partial charge in [0.05, 0.1) is 17.8 Å². The molecule has 1 saturated heterocycles. The second-order valence-corrected chi connectivity index (χ2v) is 8.65. The fourth-order valence-electron chi connectivity index (χ4n) is 4.68. The highest BCUT2D eigenvalue weighted by Gasteiger charge is 2.36. The number of carbonyl (C=O) groups is 1. The van der Waals surface area contributed by atoms with Crippen LogP contribution in [0.25, 0.3) is 16.8 Å². The van der Waals surface area contributed by atoms with E-state index < -0.39 is 12.7 Å². The fraction of sp³-hybridized carbons (Fsp3) is 0.391. The van der Waals surface area contributed by atoms with Gasteiger partial charge in [0.1, 0.15) is 11.8 Å². The minimum Gasteiger partial charge on any atom is -0.364 e. The van der Waals surface area contributed by atoms with Gasteiger partial charge in [-0.1, -0.05) is 6.07 Å². The first-order valence-corrected chi connectivity index (χ1v) is 10.7. The Morgan fingerprint density at radius 1 is 1.06 bits per heavy atom. The molecular formula is C23H24F3N5O. The van der Waals surface area contributed by atoms with E-state index in [9.17, 15) is 18.0 Å². The molecule has 3 aromatic rings. The number of pyridine rings is 1. The first-order valence-electron chi connectivity index (χ1n) is 10.7. The van der Waals surface area contributed by atoms with Crippen molar-refractivity contribution in [3.8, 4) is 11.1 Å². The first kappa shape index (κ1) is 20.8. The molecule has 0 spiro atoms. The van der Waals surface area contributed by atoms with Crippen molar-refractivity contribution in [1.82, 2.24) is 19.6 Å². The molecule has 0 bridgehead atoms. The quantitative estimate of drug-likeness (QED) is 0.641. The molecule has 1 atom stereocenters. The number of aryl methyl sites for hydroxylation is 1. The molecule has 5 rings (SSSR count). The number of piperidine rings is 1. The van der Waals surface area contributed by atoms with Crippen LogP contribution < -0.4 is 10.6 Å². The van der Waals surface area contributed by atoms with Crippen molar-refractivity contribution in [3.05, 3.63) is 54.0 Å². The maximum absolute atomic E-state index is 12.9. The molecule has 0 aliphatic carbocycles. The third kappa shape index (κ3) is 4.17. The number of nitrogens with zero attached hydrogens (tertiary/aromatic N) is 3. The summed E-state index contributed by atoms with van der Waals surface area (Å²) in [6, 6.07) is 9.66. The van der Waals surface area contributed by atoms with Crippen LogP contribution in [-0.4, -0.2) is 52.2 Å². The van der Waals surface area contributed by atoms with Gasteiger partial charge in [0.15, 0.2) is 0 Å². The van der Waals surface area contributed by atoms with Crippen molar-refractivity contribution < 1.29 is 18.0 Å². The summed E-state index contributed by atoms with van der Waals surface area (Å²) in [4.78, 5) is 18.7. The molecule has 1 amide bonds. The van der Waals surface area contributed by atoms with Crippen molar-refractivity contribution in [1.29, 1.82) is 0 Å². The Balaban J connectivity index is 1.31. The first-order chi connectivity index (χ1) is 15.2. The van der Waals surface area contributed by atoms with Crippen molar-refractivity contribution in [2.45, 2.75) is 32.1 Å². The summed E-state index contributed by atoms with van der Waals surface area (Å²) in [5, 5.41) is 6.39. The molecule has 2 aromatic heterocycles. The highest BCUT2D eigenvalue weighted by atomic mass is 19.4. The summed E-state index contributed by atoms with van der Waals surface area (Å²) in [6.45, 7) is 1.82. The van der Waals surface area contributed by atoms with Gasteiger partial charge in [0.2, 0.25) is 0 Å². The van der Waals surface area contributed by atoms with Gasteiger partial charge in [0, 0.05) is 24.0 Å². The molecule has 9 heteroatoms. The predicted octanol–water partition coefficient (Wildman–Crippen LogP) is 4.07. The summed E-state index contributed by atoms with van der Waals surface area (Å²) in [5.74, 6) is -0.0778. The Labute approximate surface area is 183 Å². The predicted molar refractivity (Wildman–Crippen MR) is 115 cm³/mol. The maximum atomic E-state index is 12.9. The van der Waals surface area contributed by atoms with Crippen LogP contribution in [0, 0.1) is 12.8 Å². The second-order valence-electron chi connectivity index (χ2n) is 8.65. The minimum absolute atomic E-state index is 0.0862. The number of anilines is 1. The van der Waals surface area contributed by atoms with Gasteiger partial charge in [-0.25, -0.2) is 4.98 Å². The van der Waals surface area contributed by atoms with Crippen LogP contribution in [0.15, 0.2) is 42.7 Å². The molecule has 1 fully saturated rings. The monoisotopic (exact) mass is 443 g/mol. The number of likely N-dealkylation sites (tertiary alicyclic amines) is 1. The maximum Gasteiger partial charge on any atom is 0.401 e. The molecule has 0 saturated carbocycles. The average molecular weight is 443 g/mol. The summed E-state index contributed by atoms with van der Waals surface area (Å²) in [6.07, 6.45) is 0.692. The zero-order valence-electron chi connectivity index (χ0n) is 17.6. The number of fused-ring (bicyclic) bond motifs is 2. The molecule has 0 radical (unpaired) electrons. The van der Waals surface area contributed by atoms with Crippen molar-refractivity contribution >= 4 is 17.2 Å². The number of imidazole rings is 1. The van der Waals surface area contributed by atoms with Crippen molar-refractivity contribution in [2.75, 3.05) is 25.0 Å². The molecule has 6 nitrogen and oxygen atoms in total. The lowest BCUT2D eigenvalue weighted by atomic mass is 9.91. The van der Waals surface area contributed by atoms with Crippen molar-refractivity contribution in [3.63, 3.8) is 0 Å². The number of aromatic nitrogens is 2.